The second-order valence-electron chi connectivity index (χ2n) is 6.79. The first kappa shape index (κ1) is 25.3. The number of carbonyl (C=O) groups excluding carboxylic acids is 3. The Bertz CT molecular complexity index is 1470. The van der Waals surface area contributed by atoms with Gasteiger partial charge in [-0.25, -0.2) is 9.78 Å². The van der Waals surface area contributed by atoms with Crippen LogP contribution in [0.2, 0.25) is 10.0 Å². The quantitative estimate of drug-likeness (QED) is 0.104. The summed E-state index contributed by atoms with van der Waals surface area (Å²) in [7, 11) is 0.970. The Balaban J connectivity index is 2.13. The summed E-state index contributed by atoms with van der Waals surface area (Å²) in [5.74, 6) is -0.558. The molecule has 3 aromatic rings. The van der Waals surface area contributed by atoms with Crippen molar-refractivity contribution in [3.63, 3.8) is 0 Å². The van der Waals surface area contributed by atoms with Crippen LogP contribution in [-0.4, -0.2) is 45.4 Å². The fourth-order valence-electron chi connectivity index (χ4n) is 3.03. The smallest absolute Gasteiger partial charge is 0.355 e. The van der Waals surface area contributed by atoms with Crippen LogP contribution in [0.5, 0.6) is 0 Å². The number of nitrogens with two attached hydrogens (primary N) is 1. The number of benzene rings is 2. The normalized spacial score (nSPS) is 12.1. The number of nitro groups is 1. The van der Waals surface area contributed by atoms with Gasteiger partial charge in [0.15, 0.2) is 5.71 Å². The monoisotopic (exact) mass is 520 g/mol. The van der Waals surface area contributed by atoms with Crippen LogP contribution in [0.3, 0.4) is 0 Å². The number of aromatic amines is 1. The Hall–Kier alpha value is -4.36. The molecule has 0 fully saturated rings. The minimum absolute atomic E-state index is 0.0162. The van der Waals surface area contributed by atoms with Gasteiger partial charge in [0, 0.05) is 17.2 Å². The molecule has 2 aromatic carbocycles. The summed E-state index contributed by atoms with van der Waals surface area (Å²) in [6, 6.07) is 7.46. The van der Waals surface area contributed by atoms with Gasteiger partial charge < -0.3 is 20.9 Å². The molecular weight excluding hydrogens is 507 g/mol. The van der Waals surface area contributed by atoms with Crippen LogP contribution in [0.1, 0.15) is 11.6 Å². The van der Waals surface area contributed by atoms with Gasteiger partial charge in [0.25, 0.3) is 17.2 Å². The van der Waals surface area contributed by atoms with Crippen LogP contribution in [-0.2, 0) is 19.1 Å². The van der Waals surface area contributed by atoms with Crippen molar-refractivity contribution < 1.29 is 24.0 Å². The van der Waals surface area contributed by atoms with Crippen molar-refractivity contribution >= 4 is 69.0 Å². The molecule has 0 saturated heterocycles. The third-order valence-corrected chi connectivity index (χ3v) is 5.22. The van der Waals surface area contributed by atoms with E-state index >= 15 is 0 Å². The van der Waals surface area contributed by atoms with Gasteiger partial charge in [-0.05, 0) is 24.3 Å². The van der Waals surface area contributed by atoms with Gasteiger partial charge in [0.05, 0.1) is 33.8 Å². The molecule has 180 valence electrons. The lowest BCUT2D eigenvalue weighted by Gasteiger charge is -2.16. The minimum atomic E-state index is -1.99. The summed E-state index contributed by atoms with van der Waals surface area (Å²) < 4.78 is 4.57. The number of H-pyrrole nitrogens is 1. The van der Waals surface area contributed by atoms with Crippen molar-refractivity contribution in [1.29, 1.82) is 0 Å². The number of methoxy groups -OCH3 is 1. The van der Waals surface area contributed by atoms with Crippen molar-refractivity contribution in [3.05, 3.63) is 72.6 Å². The topological polar surface area (TPSA) is 200 Å². The Labute approximate surface area is 205 Å². The number of hydrazone groups is 1. The average molecular weight is 521 g/mol. The molecule has 15 heteroatoms. The van der Waals surface area contributed by atoms with E-state index in [0.717, 1.165) is 19.2 Å². The summed E-state index contributed by atoms with van der Waals surface area (Å²) in [4.78, 5) is 67.8. The molecule has 0 aliphatic rings. The van der Waals surface area contributed by atoms with E-state index in [1.165, 1.54) is 24.3 Å². The maximum Gasteiger partial charge on any atom is 0.355 e. The lowest BCUT2D eigenvalue weighted by molar-refractivity contribution is -0.384. The number of non-ortho nitro benzene ring substituents is 1. The number of hydrogen-bond acceptors (Lipinski definition) is 10. The van der Waals surface area contributed by atoms with Gasteiger partial charge in [-0.3, -0.25) is 24.5 Å². The summed E-state index contributed by atoms with van der Waals surface area (Å²) in [5, 5.41) is 16.8. The number of Topliss-reactive ketones (excluding diaryl/α,β-unsaturated/α-hetero) is 1. The molecule has 0 bridgehead atoms. The van der Waals surface area contributed by atoms with Crippen molar-refractivity contribution in [2.24, 2.45) is 10.9 Å². The maximum absolute atomic E-state index is 13.2. The fraction of sp³-hybridized carbons (Fsp3) is 0.100. The zero-order valence-electron chi connectivity index (χ0n) is 17.6. The van der Waals surface area contributed by atoms with Crippen molar-refractivity contribution in [2.75, 3.05) is 12.4 Å². The van der Waals surface area contributed by atoms with Crippen molar-refractivity contribution in [2.45, 2.75) is 5.92 Å². The number of nitrogens with zero attached hydrogens (tertiary/aromatic N) is 3. The number of carbonyl (C=O) groups is 3. The lowest BCUT2D eigenvalue weighted by atomic mass is 9.93. The molecule has 3 rings (SSSR count). The number of anilines is 1. The number of fused-ring (bicyclic) bond motifs is 1. The number of aromatic nitrogens is 2. The van der Waals surface area contributed by atoms with Gasteiger partial charge in [0.2, 0.25) is 5.78 Å². The van der Waals surface area contributed by atoms with Gasteiger partial charge in [-0.1, -0.05) is 23.2 Å². The molecule has 35 heavy (non-hydrogen) atoms. The molecule has 0 radical (unpaired) electrons. The number of esters is 1. The van der Waals surface area contributed by atoms with E-state index in [1.54, 1.807) is 0 Å². The fourth-order valence-corrected chi connectivity index (χ4v) is 3.37. The van der Waals surface area contributed by atoms with Gasteiger partial charge in [0.1, 0.15) is 11.6 Å². The standard InChI is InChI=1S/C20H14Cl2N6O7/c1-35-20(32)16(27-23)14(17(29)19(31)25-12-6-8(21)2-4-10(12)22)15-18(30)26-13-7-9(28(33)34)3-5-11(13)24-15/h2-7,14H,23H2,1H3,(H,25,31)(H,26,30)/b27-16-. The number of amides is 1. The van der Waals surface area contributed by atoms with Crippen molar-refractivity contribution in [3.8, 4) is 0 Å². The predicted molar refractivity (Wildman–Crippen MR) is 125 cm³/mol. The molecule has 0 spiro atoms. The molecule has 1 aromatic heterocycles. The molecule has 1 unspecified atom stereocenters. The highest BCUT2D eigenvalue weighted by Gasteiger charge is 2.39. The van der Waals surface area contributed by atoms with Crippen LogP contribution in [0.15, 0.2) is 46.3 Å². The summed E-state index contributed by atoms with van der Waals surface area (Å²) in [6.07, 6.45) is 0. The minimum Gasteiger partial charge on any atom is -0.464 e. The third kappa shape index (κ3) is 5.26. The Morgan fingerprint density at radius 1 is 1.23 bits per heavy atom. The maximum atomic E-state index is 13.2. The molecule has 13 nitrogen and oxygen atoms in total. The lowest BCUT2D eigenvalue weighted by Crippen LogP contribution is -2.40. The molecule has 1 heterocycles. The first-order valence-electron chi connectivity index (χ1n) is 9.42. The molecule has 0 aliphatic heterocycles. The predicted octanol–water partition coefficient (Wildman–Crippen LogP) is 1.92. The van der Waals surface area contributed by atoms with Gasteiger partial charge in [-0.15, -0.1) is 0 Å². The summed E-state index contributed by atoms with van der Waals surface area (Å²) in [5.41, 5.74) is -2.81. The Kier molecular flexibility index (Phi) is 7.42. The van der Waals surface area contributed by atoms with Crippen molar-refractivity contribution in [1.82, 2.24) is 9.97 Å². The largest absolute Gasteiger partial charge is 0.464 e. The summed E-state index contributed by atoms with van der Waals surface area (Å²) in [6.45, 7) is 0. The number of nitro benzene ring substituents is 1. The first-order valence-corrected chi connectivity index (χ1v) is 10.2. The van der Waals surface area contributed by atoms with Gasteiger partial charge >= 0.3 is 5.97 Å². The second kappa shape index (κ2) is 10.3. The molecule has 1 amide bonds. The second-order valence-corrected chi connectivity index (χ2v) is 7.63. The molecule has 0 aliphatic carbocycles. The third-order valence-electron chi connectivity index (χ3n) is 4.66. The molecule has 4 N–H and O–H groups in total. The number of ether oxygens (including phenoxy) is 1. The van der Waals surface area contributed by atoms with Crippen LogP contribution in [0, 0.1) is 10.1 Å². The van der Waals surface area contributed by atoms with Crippen LogP contribution < -0.4 is 16.7 Å². The average Bonchev–Trinajstić information content (AvgIpc) is 2.83. The highest BCUT2D eigenvalue weighted by atomic mass is 35.5. The van der Waals surface area contributed by atoms with Crippen LogP contribution >= 0.6 is 23.2 Å². The summed E-state index contributed by atoms with van der Waals surface area (Å²) >= 11 is 11.9. The van der Waals surface area contributed by atoms with E-state index in [4.69, 9.17) is 29.0 Å². The van der Waals surface area contributed by atoms with E-state index in [-0.39, 0.29) is 32.5 Å². The first-order chi connectivity index (χ1) is 16.6. The van der Waals surface area contributed by atoms with E-state index < -0.39 is 45.5 Å². The molecular formula is C20H14Cl2N6O7. The number of hydrogen-bond donors (Lipinski definition) is 3. The van der Waals surface area contributed by atoms with E-state index in [0.29, 0.717) is 0 Å². The number of halogens is 2. The SMILES string of the molecule is COC(=O)/C(=N\N)C(C(=O)C(=O)Nc1cc(Cl)ccc1Cl)c1nc2ccc([N+](=O)[O-])cc2[nH]c1=O. The van der Waals surface area contributed by atoms with Crippen LogP contribution in [0.25, 0.3) is 11.0 Å². The van der Waals surface area contributed by atoms with E-state index in [1.807, 2.05) is 0 Å². The van der Waals surface area contributed by atoms with Crippen LogP contribution in [0.4, 0.5) is 11.4 Å². The molecule has 1 atom stereocenters. The zero-order chi connectivity index (χ0) is 25.9. The number of ketones is 1. The highest BCUT2D eigenvalue weighted by Crippen LogP contribution is 2.26. The highest BCUT2D eigenvalue weighted by molar-refractivity contribution is 6.53. The number of rotatable bonds is 7. The molecule has 0 saturated carbocycles. The Morgan fingerprint density at radius 2 is 1.94 bits per heavy atom. The van der Waals surface area contributed by atoms with Gasteiger partial charge in [-0.2, -0.15) is 5.10 Å². The number of nitrogens with one attached hydrogen (secondary N) is 2. The van der Waals surface area contributed by atoms with E-state index in [2.05, 4.69) is 25.1 Å². The Morgan fingerprint density at radius 3 is 2.57 bits per heavy atom. The zero-order valence-corrected chi connectivity index (χ0v) is 19.1. The van der Waals surface area contributed by atoms with E-state index in [9.17, 15) is 29.3 Å².